The molecule has 0 aliphatic rings. The van der Waals surface area contributed by atoms with Gasteiger partial charge in [-0.15, -0.1) is 0 Å². The van der Waals surface area contributed by atoms with Gasteiger partial charge in [-0.1, -0.05) is 12.1 Å². The second kappa shape index (κ2) is 6.59. The Morgan fingerprint density at radius 3 is 1.25 bits per heavy atom. The van der Waals surface area contributed by atoms with Gasteiger partial charge in [0.25, 0.3) is 0 Å². The lowest BCUT2D eigenvalue weighted by molar-refractivity contribution is 0.552. The molecule has 0 fully saturated rings. The Morgan fingerprint density at radius 2 is 1.10 bits per heavy atom. The number of pyridine rings is 2. The summed E-state index contributed by atoms with van der Waals surface area (Å²) in [4.78, 5) is 7.94. The lowest BCUT2D eigenvalue weighted by Crippen LogP contribution is -2.28. The summed E-state index contributed by atoms with van der Waals surface area (Å²) in [5.74, 6) is 0. The SMILES string of the molecule is CC(C)(N)c1cccnc1.CC(C)(N)c1cccnc1. The molecule has 0 radical (unpaired) electrons. The minimum atomic E-state index is -0.270. The monoisotopic (exact) mass is 272 g/mol. The van der Waals surface area contributed by atoms with Gasteiger partial charge in [0.15, 0.2) is 0 Å². The molecule has 0 aliphatic carbocycles. The standard InChI is InChI=1S/2C8H12N2/c2*1-8(2,9)7-4-3-5-10-6-7/h2*3-6H,9H2,1-2H3. The molecule has 0 saturated carbocycles. The highest BCUT2D eigenvalue weighted by Gasteiger charge is 2.13. The van der Waals surface area contributed by atoms with E-state index in [0.29, 0.717) is 0 Å². The molecule has 2 aromatic heterocycles. The van der Waals surface area contributed by atoms with E-state index >= 15 is 0 Å². The van der Waals surface area contributed by atoms with Crippen molar-refractivity contribution in [2.75, 3.05) is 0 Å². The molecule has 4 nitrogen and oxygen atoms in total. The first-order chi connectivity index (χ1) is 9.21. The Morgan fingerprint density at radius 1 is 0.750 bits per heavy atom. The predicted octanol–water partition coefficient (Wildman–Crippen LogP) is 2.55. The third-order valence-electron chi connectivity index (χ3n) is 2.81. The number of nitrogens with two attached hydrogens (primary N) is 2. The summed E-state index contributed by atoms with van der Waals surface area (Å²) in [6, 6.07) is 7.74. The van der Waals surface area contributed by atoms with E-state index in [9.17, 15) is 0 Å². The molecule has 0 amide bonds. The van der Waals surface area contributed by atoms with Gasteiger partial charge >= 0.3 is 0 Å². The van der Waals surface area contributed by atoms with Crippen molar-refractivity contribution in [2.45, 2.75) is 38.8 Å². The number of rotatable bonds is 2. The van der Waals surface area contributed by atoms with Crippen molar-refractivity contribution in [3.05, 3.63) is 60.2 Å². The zero-order chi connectivity index (χ0) is 15.2. The fourth-order valence-corrected chi connectivity index (χ4v) is 1.49. The van der Waals surface area contributed by atoms with Gasteiger partial charge in [-0.05, 0) is 51.0 Å². The van der Waals surface area contributed by atoms with Crippen LogP contribution in [0.1, 0.15) is 38.8 Å². The fourth-order valence-electron chi connectivity index (χ4n) is 1.49. The van der Waals surface area contributed by atoms with Gasteiger partial charge in [-0.25, -0.2) is 0 Å². The summed E-state index contributed by atoms with van der Waals surface area (Å²) < 4.78 is 0. The van der Waals surface area contributed by atoms with Crippen LogP contribution in [0.3, 0.4) is 0 Å². The third-order valence-corrected chi connectivity index (χ3v) is 2.81. The molecule has 108 valence electrons. The molecule has 4 N–H and O–H groups in total. The van der Waals surface area contributed by atoms with Crippen LogP contribution >= 0.6 is 0 Å². The summed E-state index contributed by atoms with van der Waals surface area (Å²) in [6.07, 6.45) is 7.07. The molecular formula is C16H24N4. The molecule has 2 heterocycles. The predicted molar refractivity (Wildman–Crippen MR) is 82.9 cm³/mol. The molecule has 0 unspecified atom stereocenters. The van der Waals surface area contributed by atoms with E-state index in [0.717, 1.165) is 11.1 Å². The van der Waals surface area contributed by atoms with E-state index in [-0.39, 0.29) is 11.1 Å². The normalized spacial score (nSPS) is 11.5. The van der Waals surface area contributed by atoms with E-state index in [4.69, 9.17) is 11.5 Å². The van der Waals surface area contributed by atoms with Crippen LogP contribution in [0.5, 0.6) is 0 Å². The van der Waals surface area contributed by atoms with E-state index in [1.807, 2.05) is 52.0 Å². The maximum atomic E-state index is 5.82. The van der Waals surface area contributed by atoms with Crippen LogP contribution in [0.25, 0.3) is 0 Å². The summed E-state index contributed by atoms with van der Waals surface area (Å²) >= 11 is 0. The van der Waals surface area contributed by atoms with Gasteiger partial charge in [0.1, 0.15) is 0 Å². The van der Waals surface area contributed by atoms with Gasteiger partial charge in [-0.3, -0.25) is 9.97 Å². The van der Waals surface area contributed by atoms with Crippen molar-refractivity contribution in [3.8, 4) is 0 Å². The molecule has 0 spiro atoms. The molecular weight excluding hydrogens is 248 g/mol. The molecule has 0 aromatic carbocycles. The highest BCUT2D eigenvalue weighted by Crippen LogP contribution is 2.14. The van der Waals surface area contributed by atoms with Crippen LogP contribution in [0, 0.1) is 0 Å². The summed E-state index contributed by atoms with van der Waals surface area (Å²) in [6.45, 7) is 7.85. The van der Waals surface area contributed by atoms with Crippen molar-refractivity contribution in [3.63, 3.8) is 0 Å². The van der Waals surface area contributed by atoms with Gasteiger partial charge in [-0.2, -0.15) is 0 Å². The lowest BCUT2D eigenvalue weighted by atomic mass is 9.98. The van der Waals surface area contributed by atoms with Crippen molar-refractivity contribution < 1.29 is 0 Å². The van der Waals surface area contributed by atoms with E-state index in [1.54, 1.807) is 24.8 Å². The van der Waals surface area contributed by atoms with Crippen LogP contribution < -0.4 is 11.5 Å². The van der Waals surface area contributed by atoms with Crippen LogP contribution in [-0.2, 0) is 11.1 Å². The molecule has 0 atom stereocenters. The molecule has 2 aromatic rings. The molecule has 0 bridgehead atoms. The van der Waals surface area contributed by atoms with Crippen LogP contribution in [-0.4, -0.2) is 9.97 Å². The quantitative estimate of drug-likeness (QED) is 0.880. The third kappa shape index (κ3) is 5.47. The number of hydrogen-bond donors (Lipinski definition) is 2. The Hall–Kier alpha value is -1.78. The minimum absolute atomic E-state index is 0.270. The second-order valence-corrected chi connectivity index (χ2v) is 5.93. The highest BCUT2D eigenvalue weighted by molar-refractivity contribution is 5.17. The molecule has 20 heavy (non-hydrogen) atoms. The van der Waals surface area contributed by atoms with Gasteiger partial charge < -0.3 is 11.5 Å². The molecule has 2 rings (SSSR count). The van der Waals surface area contributed by atoms with Crippen LogP contribution in [0.15, 0.2) is 49.1 Å². The largest absolute Gasteiger partial charge is 0.322 e. The fraction of sp³-hybridized carbons (Fsp3) is 0.375. The Labute approximate surface area is 121 Å². The van der Waals surface area contributed by atoms with Crippen molar-refractivity contribution in [1.82, 2.24) is 9.97 Å². The Balaban J connectivity index is 0.000000200. The molecule has 0 aliphatic heterocycles. The maximum absolute atomic E-state index is 5.82. The zero-order valence-corrected chi connectivity index (χ0v) is 12.7. The lowest BCUT2D eigenvalue weighted by Gasteiger charge is -2.17. The number of nitrogens with zero attached hydrogens (tertiary/aromatic N) is 2. The van der Waals surface area contributed by atoms with Crippen molar-refractivity contribution >= 4 is 0 Å². The average Bonchev–Trinajstić information content (AvgIpc) is 2.40. The summed E-state index contributed by atoms with van der Waals surface area (Å²) in [7, 11) is 0. The number of aromatic nitrogens is 2. The molecule has 0 saturated heterocycles. The topological polar surface area (TPSA) is 77.8 Å². The first-order valence-corrected chi connectivity index (χ1v) is 6.60. The Bertz CT molecular complexity index is 446. The van der Waals surface area contributed by atoms with Crippen molar-refractivity contribution in [2.24, 2.45) is 11.5 Å². The average molecular weight is 272 g/mol. The highest BCUT2D eigenvalue weighted by atomic mass is 14.7. The summed E-state index contributed by atoms with van der Waals surface area (Å²) in [5, 5.41) is 0. The first kappa shape index (κ1) is 16.3. The van der Waals surface area contributed by atoms with Gasteiger partial charge in [0, 0.05) is 35.9 Å². The van der Waals surface area contributed by atoms with Gasteiger partial charge in [0.2, 0.25) is 0 Å². The smallest absolute Gasteiger partial charge is 0.0367 e. The summed E-state index contributed by atoms with van der Waals surface area (Å²) in [5.41, 5.74) is 13.2. The van der Waals surface area contributed by atoms with Gasteiger partial charge in [0.05, 0.1) is 0 Å². The minimum Gasteiger partial charge on any atom is -0.322 e. The van der Waals surface area contributed by atoms with Crippen LogP contribution in [0.4, 0.5) is 0 Å². The van der Waals surface area contributed by atoms with E-state index < -0.39 is 0 Å². The molecule has 4 heteroatoms. The van der Waals surface area contributed by atoms with E-state index in [2.05, 4.69) is 9.97 Å². The van der Waals surface area contributed by atoms with Crippen molar-refractivity contribution in [1.29, 1.82) is 0 Å². The number of hydrogen-bond acceptors (Lipinski definition) is 4. The van der Waals surface area contributed by atoms with E-state index in [1.165, 1.54) is 0 Å². The Kier molecular flexibility index (Phi) is 5.36. The zero-order valence-electron chi connectivity index (χ0n) is 12.7. The maximum Gasteiger partial charge on any atom is 0.0367 e. The second-order valence-electron chi connectivity index (χ2n) is 5.93. The van der Waals surface area contributed by atoms with Crippen LogP contribution in [0.2, 0.25) is 0 Å². The first-order valence-electron chi connectivity index (χ1n) is 6.60.